The van der Waals surface area contributed by atoms with E-state index in [9.17, 15) is 9.59 Å². The van der Waals surface area contributed by atoms with E-state index in [1.165, 1.54) is 32.1 Å². The molecule has 1 aromatic rings. The Hall–Kier alpha value is -1.88. The van der Waals surface area contributed by atoms with Gasteiger partial charge in [0.05, 0.1) is 6.54 Å². The molecule has 2 amide bonds. The maximum absolute atomic E-state index is 12.4. The lowest BCUT2D eigenvalue weighted by Gasteiger charge is -2.30. The Bertz CT molecular complexity index is 634. The van der Waals surface area contributed by atoms with E-state index in [2.05, 4.69) is 15.5 Å². The van der Waals surface area contributed by atoms with Gasteiger partial charge in [0, 0.05) is 23.3 Å². The molecule has 0 heterocycles. The molecule has 2 aliphatic rings. The minimum Gasteiger partial charge on any atom is -0.326 e. The number of anilines is 2. The van der Waals surface area contributed by atoms with Gasteiger partial charge in [-0.2, -0.15) is 0 Å². The van der Waals surface area contributed by atoms with Crippen LogP contribution in [-0.4, -0.2) is 36.3 Å². The predicted molar refractivity (Wildman–Crippen MR) is 101 cm³/mol. The van der Waals surface area contributed by atoms with Crippen molar-refractivity contribution in [3.63, 3.8) is 0 Å². The number of carbonyl (C=O) groups is 2. The number of likely N-dealkylation sites (N-methyl/N-ethyl adjacent to an activating group) is 1. The first-order valence-corrected chi connectivity index (χ1v) is 9.45. The van der Waals surface area contributed by atoms with Crippen molar-refractivity contribution < 1.29 is 9.59 Å². The van der Waals surface area contributed by atoms with E-state index >= 15 is 0 Å². The molecule has 0 unspecified atom stereocenters. The third-order valence-electron chi connectivity index (χ3n) is 5.40. The first-order valence-electron chi connectivity index (χ1n) is 9.45. The van der Waals surface area contributed by atoms with Crippen LogP contribution >= 0.6 is 0 Å². The number of rotatable bonds is 6. The fourth-order valence-corrected chi connectivity index (χ4v) is 3.55. The Labute approximate surface area is 150 Å². The molecule has 136 valence electrons. The van der Waals surface area contributed by atoms with Crippen LogP contribution in [-0.2, 0) is 9.59 Å². The van der Waals surface area contributed by atoms with Crippen molar-refractivity contribution in [1.82, 2.24) is 4.90 Å². The largest absolute Gasteiger partial charge is 0.326 e. The molecule has 0 saturated heterocycles. The lowest BCUT2D eigenvalue weighted by atomic mass is 9.94. The smallest absolute Gasteiger partial charge is 0.238 e. The van der Waals surface area contributed by atoms with E-state index in [0.29, 0.717) is 12.6 Å². The van der Waals surface area contributed by atoms with Crippen LogP contribution in [0.4, 0.5) is 11.4 Å². The van der Waals surface area contributed by atoms with Crippen molar-refractivity contribution in [2.24, 2.45) is 5.92 Å². The molecule has 0 bridgehead atoms. The molecule has 0 aromatic heterocycles. The second kappa shape index (κ2) is 8.00. The summed E-state index contributed by atoms with van der Waals surface area (Å²) in [6.07, 6.45) is 8.17. The van der Waals surface area contributed by atoms with E-state index in [1.807, 2.05) is 32.2 Å². The van der Waals surface area contributed by atoms with Gasteiger partial charge in [-0.3, -0.25) is 14.5 Å². The van der Waals surface area contributed by atoms with Crippen molar-refractivity contribution in [2.75, 3.05) is 24.2 Å². The summed E-state index contributed by atoms with van der Waals surface area (Å²) in [5.41, 5.74) is 2.47. The van der Waals surface area contributed by atoms with Crippen LogP contribution in [0.3, 0.4) is 0 Å². The van der Waals surface area contributed by atoms with Crippen molar-refractivity contribution >= 4 is 23.2 Å². The number of amides is 2. The standard InChI is InChI=1S/C20H29N3O2/c1-14-17(9-6-10-18(14)22-20(25)15-11-12-15)21-19(24)13-23(2)16-7-4-3-5-8-16/h6,9-10,15-16H,3-5,7-8,11-13H2,1-2H3,(H,21,24)(H,22,25). The summed E-state index contributed by atoms with van der Waals surface area (Å²) >= 11 is 0. The normalized spacial score (nSPS) is 18.2. The molecular formula is C20H29N3O2. The first-order chi connectivity index (χ1) is 12.0. The Morgan fingerprint density at radius 3 is 2.32 bits per heavy atom. The fraction of sp³-hybridized carbons (Fsp3) is 0.600. The van der Waals surface area contributed by atoms with E-state index in [4.69, 9.17) is 0 Å². The van der Waals surface area contributed by atoms with Gasteiger partial charge >= 0.3 is 0 Å². The van der Waals surface area contributed by atoms with Crippen LogP contribution in [0.2, 0.25) is 0 Å². The fourth-order valence-electron chi connectivity index (χ4n) is 3.55. The molecule has 0 atom stereocenters. The van der Waals surface area contributed by atoms with Crippen LogP contribution in [0.1, 0.15) is 50.5 Å². The lowest BCUT2D eigenvalue weighted by molar-refractivity contribution is -0.118. The van der Waals surface area contributed by atoms with E-state index in [0.717, 1.165) is 29.8 Å². The predicted octanol–water partition coefficient (Wildman–Crippen LogP) is 3.55. The molecule has 2 aliphatic carbocycles. The topological polar surface area (TPSA) is 61.4 Å². The highest BCUT2D eigenvalue weighted by Gasteiger charge is 2.30. The quantitative estimate of drug-likeness (QED) is 0.830. The molecule has 25 heavy (non-hydrogen) atoms. The molecule has 2 fully saturated rings. The second-order valence-corrected chi connectivity index (χ2v) is 7.50. The molecular weight excluding hydrogens is 314 g/mol. The molecule has 5 heteroatoms. The summed E-state index contributed by atoms with van der Waals surface area (Å²) in [4.78, 5) is 26.6. The summed E-state index contributed by atoms with van der Waals surface area (Å²) in [6.45, 7) is 2.34. The highest BCUT2D eigenvalue weighted by molar-refractivity contribution is 5.97. The SMILES string of the molecule is Cc1c(NC(=O)CN(C)C2CCCCC2)cccc1NC(=O)C1CC1. The number of hydrogen-bond donors (Lipinski definition) is 2. The monoisotopic (exact) mass is 343 g/mol. The van der Waals surface area contributed by atoms with Gasteiger partial charge in [0.1, 0.15) is 0 Å². The molecule has 5 nitrogen and oxygen atoms in total. The Morgan fingerprint density at radius 1 is 1.04 bits per heavy atom. The maximum Gasteiger partial charge on any atom is 0.238 e. The Kier molecular flexibility index (Phi) is 5.74. The number of nitrogens with one attached hydrogen (secondary N) is 2. The Balaban J connectivity index is 1.57. The zero-order valence-corrected chi connectivity index (χ0v) is 15.3. The third kappa shape index (κ3) is 4.82. The lowest BCUT2D eigenvalue weighted by Crippen LogP contribution is -2.39. The first kappa shape index (κ1) is 17.9. The second-order valence-electron chi connectivity index (χ2n) is 7.50. The van der Waals surface area contributed by atoms with Gasteiger partial charge in [-0.05, 0) is 57.4 Å². The minimum absolute atomic E-state index is 0.00171. The molecule has 0 spiro atoms. The number of carbonyl (C=O) groups excluding carboxylic acids is 2. The maximum atomic E-state index is 12.4. The van der Waals surface area contributed by atoms with Gasteiger partial charge in [0.25, 0.3) is 0 Å². The van der Waals surface area contributed by atoms with Crippen LogP contribution in [0.15, 0.2) is 18.2 Å². The van der Waals surface area contributed by atoms with Gasteiger partial charge in [-0.1, -0.05) is 25.3 Å². The average molecular weight is 343 g/mol. The molecule has 1 aromatic carbocycles. The average Bonchev–Trinajstić information content (AvgIpc) is 3.44. The number of nitrogens with zero attached hydrogens (tertiary/aromatic N) is 1. The molecule has 0 radical (unpaired) electrons. The zero-order valence-electron chi connectivity index (χ0n) is 15.3. The zero-order chi connectivity index (χ0) is 17.8. The summed E-state index contributed by atoms with van der Waals surface area (Å²) in [6, 6.07) is 6.17. The third-order valence-corrected chi connectivity index (χ3v) is 5.40. The van der Waals surface area contributed by atoms with Gasteiger partial charge in [-0.25, -0.2) is 0 Å². The highest BCUT2D eigenvalue weighted by Crippen LogP contribution is 2.31. The van der Waals surface area contributed by atoms with Crippen molar-refractivity contribution in [3.05, 3.63) is 23.8 Å². The van der Waals surface area contributed by atoms with Crippen LogP contribution < -0.4 is 10.6 Å². The summed E-state index contributed by atoms with van der Waals surface area (Å²) in [7, 11) is 2.04. The van der Waals surface area contributed by atoms with Gasteiger partial charge in [0.2, 0.25) is 11.8 Å². The van der Waals surface area contributed by atoms with Crippen LogP contribution in [0.5, 0.6) is 0 Å². The summed E-state index contributed by atoms with van der Waals surface area (Å²) in [5, 5.41) is 5.98. The van der Waals surface area contributed by atoms with Crippen molar-refractivity contribution in [3.8, 4) is 0 Å². The van der Waals surface area contributed by atoms with Gasteiger partial charge < -0.3 is 10.6 Å². The molecule has 2 saturated carbocycles. The number of benzene rings is 1. The molecule has 0 aliphatic heterocycles. The van der Waals surface area contributed by atoms with Crippen molar-refractivity contribution in [2.45, 2.75) is 57.9 Å². The van der Waals surface area contributed by atoms with E-state index in [-0.39, 0.29) is 17.7 Å². The summed E-state index contributed by atoms with van der Waals surface area (Å²) < 4.78 is 0. The van der Waals surface area contributed by atoms with Gasteiger partial charge in [-0.15, -0.1) is 0 Å². The minimum atomic E-state index is 0.00171. The van der Waals surface area contributed by atoms with E-state index in [1.54, 1.807) is 0 Å². The van der Waals surface area contributed by atoms with Crippen LogP contribution in [0, 0.1) is 12.8 Å². The number of hydrogen-bond acceptors (Lipinski definition) is 3. The van der Waals surface area contributed by atoms with Crippen molar-refractivity contribution in [1.29, 1.82) is 0 Å². The molecule has 3 rings (SSSR count). The molecule has 2 N–H and O–H groups in total. The van der Waals surface area contributed by atoms with Crippen LogP contribution in [0.25, 0.3) is 0 Å². The Morgan fingerprint density at radius 2 is 1.68 bits per heavy atom. The van der Waals surface area contributed by atoms with Gasteiger partial charge in [0.15, 0.2) is 0 Å². The summed E-state index contributed by atoms with van der Waals surface area (Å²) in [5.74, 6) is 0.257. The highest BCUT2D eigenvalue weighted by atomic mass is 16.2. The van der Waals surface area contributed by atoms with E-state index < -0.39 is 0 Å².